The Hall–Kier alpha value is -3.51. The fraction of sp³-hybridized carbons (Fsp3) is 0.370. The predicted octanol–water partition coefficient (Wildman–Crippen LogP) is 4.13. The van der Waals surface area contributed by atoms with Crippen molar-refractivity contribution in [2.75, 3.05) is 37.8 Å². The van der Waals surface area contributed by atoms with Crippen LogP contribution in [-0.2, 0) is 9.47 Å². The third-order valence-electron chi connectivity index (χ3n) is 6.35. The largest absolute Gasteiger partial charge is 0.456 e. The first-order chi connectivity index (χ1) is 17.1. The van der Waals surface area contributed by atoms with Crippen molar-refractivity contribution in [3.05, 3.63) is 65.5 Å². The molecule has 0 radical (unpaired) electrons. The van der Waals surface area contributed by atoms with E-state index in [4.69, 9.17) is 24.9 Å². The average Bonchev–Trinajstić information content (AvgIpc) is 2.89. The predicted molar refractivity (Wildman–Crippen MR) is 132 cm³/mol. The lowest BCUT2D eigenvalue weighted by Crippen LogP contribution is -2.36. The molecule has 2 atom stereocenters. The van der Waals surface area contributed by atoms with Gasteiger partial charge in [-0.05, 0) is 44.0 Å². The number of hydrogen-bond acceptors (Lipinski definition) is 8. The fourth-order valence-electron chi connectivity index (χ4n) is 4.53. The summed E-state index contributed by atoms with van der Waals surface area (Å²) in [4.78, 5) is 11.6. The summed E-state index contributed by atoms with van der Waals surface area (Å²) in [6.45, 7) is 5.59. The van der Waals surface area contributed by atoms with Crippen molar-refractivity contribution in [2.45, 2.75) is 31.9 Å². The topological polar surface area (TPSA) is 107 Å². The van der Waals surface area contributed by atoms with Crippen LogP contribution in [0, 0.1) is 18.3 Å². The number of nitrogens with two attached hydrogens (primary N) is 1. The van der Waals surface area contributed by atoms with Crippen LogP contribution in [0.15, 0.2) is 48.7 Å². The van der Waals surface area contributed by atoms with Gasteiger partial charge in [0, 0.05) is 60.9 Å². The number of nitriles is 1. The van der Waals surface area contributed by atoms with Crippen LogP contribution in [0.25, 0.3) is 11.3 Å². The molecule has 2 fully saturated rings. The zero-order valence-corrected chi connectivity index (χ0v) is 19.8. The first kappa shape index (κ1) is 23.2. The lowest BCUT2D eigenvalue weighted by molar-refractivity contribution is -0.0000356. The molecule has 1 aromatic carbocycles. The number of ether oxygens (including phenoxy) is 3. The molecule has 2 unspecified atom stereocenters. The number of benzene rings is 1. The van der Waals surface area contributed by atoms with Crippen LogP contribution in [0.2, 0.25) is 0 Å². The van der Waals surface area contributed by atoms with Crippen LogP contribution in [0.1, 0.15) is 35.8 Å². The highest BCUT2D eigenvalue weighted by Crippen LogP contribution is 2.35. The standard InChI is InChI=1S/C27H29N5O3/c1-18-13-21(15-26(31-18)32-8-11-33-12-9-32)35-25-14-19(16-28)4-6-22(25)24-7-5-20(17-30-24)27-23(29)3-2-10-34-27/h4-7,13-15,17,23,27H,2-3,8-12,29H2,1H3. The molecule has 0 saturated carbocycles. The number of morpholine rings is 1. The summed E-state index contributed by atoms with van der Waals surface area (Å²) in [6, 6.07) is 15.3. The Morgan fingerprint density at radius 2 is 1.97 bits per heavy atom. The summed E-state index contributed by atoms with van der Waals surface area (Å²) >= 11 is 0. The minimum Gasteiger partial charge on any atom is -0.456 e. The number of aromatic nitrogens is 2. The van der Waals surface area contributed by atoms with Crippen LogP contribution in [0.5, 0.6) is 11.5 Å². The van der Waals surface area contributed by atoms with Crippen molar-refractivity contribution in [2.24, 2.45) is 5.73 Å². The molecule has 2 saturated heterocycles. The fourth-order valence-corrected chi connectivity index (χ4v) is 4.53. The van der Waals surface area contributed by atoms with Gasteiger partial charge in [-0.3, -0.25) is 4.98 Å². The van der Waals surface area contributed by atoms with E-state index in [0.717, 1.165) is 54.3 Å². The van der Waals surface area contributed by atoms with Gasteiger partial charge in [0.15, 0.2) is 0 Å². The second-order valence-electron chi connectivity index (χ2n) is 8.90. The zero-order valence-electron chi connectivity index (χ0n) is 19.8. The van der Waals surface area contributed by atoms with Crippen LogP contribution >= 0.6 is 0 Å². The molecular weight excluding hydrogens is 442 g/mol. The maximum absolute atomic E-state index is 9.48. The molecule has 35 heavy (non-hydrogen) atoms. The minimum atomic E-state index is -0.139. The Morgan fingerprint density at radius 1 is 1.11 bits per heavy atom. The number of nitrogens with zero attached hydrogens (tertiary/aromatic N) is 4. The summed E-state index contributed by atoms with van der Waals surface area (Å²) in [5.74, 6) is 2.08. The molecule has 3 aromatic rings. The van der Waals surface area contributed by atoms with Crippen molar-refractivity contribution in [3.63, 3.8) is 0 Å². The second-order valence-corrected chi connectivity index (χ2v) is 8.90. The van der Waals surface area contributed by atoms with E-state index in [-0.39, 0.29) is 12.1 Å². The van der Waals surface area contributed by atoms with Crippen LogP contribution < -0.4 is 15.4 Å². The monoisotopic (exact) mass is 471 g/mol. The number of hydrogen-bond donors (Lipinski definition) is 1. The number of anilines is 1. The Balaban J connectivity index is 1.44. The summed E-state index contributed by atoms with van der Waals surface area (Å²) in [5.41, 5.74) is 10.1. The van der Waals surface area contributed by atoms with Crippen molar-refractivity contribution >= 4 is 5.82 Å². The summed E-state index contributed by atoms with van der Waals surface area (Å²) in [5, 5.41) is 9.48. The molecular formula is C27H29N5O3. The molecule has 5 rings (SSSR count). The Bertz CT molecular complexity index is 1220. The third-order valence-corrected chi connectivity index (χ3v) is 6.35. The van der Waals surface area contributed by atoms with Gasteiger partial charge < -0.3 is 24.8 Å². The molecule has 2 aliphatic rings. The molecule has 0 spiro atoms. The van der Waals surface area contributed by atoms with E-state index in [1.165, 1.54) is 0 Å². The Labute approximate surface area is 205 Å². The van der Waals surface area contributed by atoms with Crippen molar-refractivity contribution < 1.29 is 14.2 Å². The highest BCUT2D eigenvalue weighted by molar-refractivity contribution is 5.69. The first-order valence-electron chi connectivity index (χ1n) is 12.0. The highest BCUT2D eigenvalue weighted by atomic mass is 16.5. The van der Waals surface area contributed by atoms with E-state index >= 15 is 0 Å². The molecule has 4 heterocycles. The molecule has 0 amide bonds. The molecule has 2 N–H and O–H groups in total. The highest BCUT2D eigenvalue weighted by Gasteiger charge is 2.25. The molecule has 2 aromatic heterocycles. The van der Waals surface area contributed by atoms with Crippen LogP contribution in [0.4, 0.5) is 5.82 Å². The van der Waals surface area contributed by atoms with Gasteiger partial charge in [-0.15, -0.1) is 0 Å². The summed E-state index contributed by atoms with van der Waals surface area (Å²) in [6.07, 6.45) is 3.61. The number of aryl methyl sites for hydroxylation is 1. The van der Waals surface area contributed by atoms with Gasteiger partial charge in [-0.2, -0.15) is 5.26 Å². The van der Waals surface area contributed by atoms with Crippen molar-refractivity contribution in [1.82, 2.24) is 9.97 Å². The molecule has 0 bridgehead atoms. The van der Waals surface area contributed by atoms with Gasteiger partial charge in [0.25, 0.3) is 0 Å². The van der Waals surface area contributed by atoms with Gasteiger partial charge in [0.05, 0.1) is 36.6 Å². The van der Waals surface area contributed by atoms with E-state index < -0.39 is 0 Å². The smallest absolute Gasteiger partial charge is 0.138 e. The van der Waals surface area contributed by atoms with E-state index in [2.05, 4.69) is 16.0 Å². The van der Waals surface area contributed by atoms with Crippen molar-refractivity contribution in [1.29, 1.82) is 5.26 Å². The van der Waals surface area contributed by atoms with Crippen molar-refractivity contribution in [3.8, 4) is 28.8 Å². The van der Waals surface area contributed by atoms with Crippen LogP contribution in [0.3, 0.4) is 0 Å². The lowest BCUT2D eigenvalue weighted by Gasteiger charge is -2.29. The van der Waals surface area contributed by atoms with E-state index in [9.17, 15) is 5.26 Å². The second kappa shape index (κ2) is 10.4. The number of pyridine rings is 2. The SMILES string of the molecule is Cc1cc(Oc2cc(C#N)ccc2-c2ccc(C3OCCCC3N)cn2)cc(N2CCOCC2)n1. The maximum Gasteiger partial charge on any atom is 0.138 e. The molecule has 2 aliphatic heterocycles. The Morgan fingerprint density at radius 3 is 2.71 bits per heavy atom. The molecule has 8 nitrogen and oxygen atoms in total. The summed E-state index contributed by atoms with van der Waals surface area (Å²) in [7, 11) is 0. The van der Waals surface area contributed by atoms with Gasteiger partial charge in [-0.25, -0.2) is 4.98 Å². The lowest BCUT2D eigenvalue weighted by atomic mass is 9.97. The Kier molecular flexibility index (Phi) is 6.91. The van der Waals surface area contributed by atoms with Gasteiger partial charge in [-0.1, -0.05) is 6.07 Å². The average molecular weight is 472 g/mol. The quantitative estimate of drug-likeness (QED) is 0.592. The van der Waals surface area contributed by atoms with E-state index in [0.29, 0.717) is 36.9 Å². The molecule has 8 heteroatoms. The summed E-state index contributed by atoms with van der Waals surface area (Å²) < 4.78 is 17.7. The van der Waals surface area contributed by atoms with E-state index in [1.807, 2.05) is 43.5 Å². The first-order valence-corrected chi connectivity index (χ1v) is 12.0. The van der Waals surface area contributed by atoms with E-state index in [1.54, 1.807) is 12.1 Å². The zero-order chi connectivity index (χ0) is 24.2. The number of rotatable bonds is 5. The van der Waals surface area contributed by atoms with Gasteiger partial charge in [0.1, 0.15) is 17.3 Å². The minimum absolute atomic E-state index is 0.0270. The third kappa shape index (κ3) is 5.28. The molecule has 180 valence electrons. The molecule has 0 aliphatic carbocycles. The van der Waals surface area contributed by atoms with Gasteiger partial charge >= 0.3 is 0 Å². The van der Waals surface area contributed by atoms with Gasteiger partial charge in [0.2, 0.25) is 0 Å². The van der Waals surface area contributed by atoms with Crippen LogP contribution in [-0.4, -0.2) is 48.9 Å². The maximum atomic E-state index is 9.48. The normalized spacial score (nSPS) is 20.3.